The number of carbonyl (C=O) groups excluding carboxylic acids is 2. The van der Waals surface area contributed by atoms with Gasteiger partial charge < -0.3 is 9.47 Å². The molecule has 0 aromatic heterocycles. The van der Waals surface area contributed by atoms with Crippen LogP contribution in [0.5, 0.6) is 0 Å². The van der Waals surface area contributed by atoms with Crippen molar-refractivity contribution in [2.45, 2.75) is 26.2 Å². The van der Waals surface area contributed by atoms with Crippen LogP contribution >= 0.6 is 0 Å². The lowest BCUT2D eigenvalue weighted by molar-refractivity contribution is -0.129. The van der Waals surface area contributed by atoms with Gasteiger partial charge in [0.1, 0.15) is 11.6 Å². The van der Waals surface area contributed by atoms with Crippen molar-refractivity contribution in [3.05, 3.63) is 0 Å². The van der Waals surface area contributed by atoms with E-state index in [1.54, 1.807) is 0 Å². The van der Waals surface area contributed by atoms with Gasteiger partial charge in [0, 0.05) is 25.2 Å². The van der Waals surface area contributed by atoms with Gasteiger partial charge in [-0.1, -0.05) is 6.92 Å². The first kappa shape index (κ1) is 12.3. The fourth-order valence-electron chi connectivity index (χ4n) is 1.37. The lowest BCUT2D eigenvalue weighted by Gasteiger charge is -2.15. The van der Waals surface area contributed by atoms with Crippen LogP contribution in [0.1, 0.15) is 26.2 Å². The molecule has 0 amide bonds. The van der Waals surface area contributed by atoms with Crippen LogP contribution < -0.4 is 0 Å². The molecule has 2 rings (SSSR count). The largest absolute Gasteiger partial charge is 0.381 e. The maximum absolute atomic E-state index is 10.7. The Labute approximate surface area is 89.9 Å². The van der Waals surface area contributed by atoms with Crippen LogP contribution in [-0.4, -0.2) is 38.0 Å². The molecule has 0 spiro atoms. The van der Waals surface area contributed by atoms with Crippen molar-refractivity contribution >= 4 is 11.6 Å². The average Bonchev–Trinajstić information content (AvgIpc) is 2.25. The molecule has 0 bridgehead atoms. The Morgan fingerprint density at radius 1 is 1.00 bits per heavy atom. The van der Waals surface area contributed by atoms with Crippen molar-refractivity contribution in [3.63, 3.8) is 0 Å². The zero-order chi connectivity index (χ0) is 11.1. The van der Waals surface area contributed by atoms with Crippen LogP contribution in [0, 0.1) is 5.92 Å². The van der Waals surface area contributed by atoms with Gasteiger partial charge in [-0.3, -0.25) is 9.59 Å². The molecule has 0 radical (unpaired) electrons. The number of carbonyl (C=O) groups is 2. The van der Waals surface area contributed by atoms with Gasteiger partial charge in [0.25, 0.3) is 0 Å². The lowest BCUT2D eigenvalue weighted by Crippen LogP contribution is -2.24. The minimum absolute atomic E-state index is 0.142. The first-order valence-electron chi connectivity index (χ1n) is 5.40. The van der Waals surface area contributed by atoms with Crippen molar-refractivity contribution in [2.75, 3.05) is 26.4 Å². The number of ketones is 2. The number of ether oxygens (including phenoxy) is 2. The summed E-state index contributed by atoms with van der Waals surface area (Å²) >= 11 is 0. The molecule has 2 saturated heterocycles. The van der Waals surface area contributed by atoms with Crippen LogP contribution in [-0.2, 0) is 19.1 Å². The molecule has 0 saturated carbocycles. The van der Waals surface area contributed by atoms with Gasteiger partial charge in [-0.15, -0.1) is 0 Å². The quantitative estimate of drug-likeness (QED) is 0.603. The molecule has 86 valence electrons. The molecule has 0 N–H and O–H groups in total. The van der Waals surface area contributed by atoms with Crippen LogP contribution in [0.4, 0.5) is 0 Å². The summed E-state index contributed by atoms with van der Waals surface area (Å²) in [6, 6.07) is 0. The number of rotatable bonds is 0. The summed E-state index contributed by atoms with van der Waals surface area (Å²) in [5.41, 5.74) is 0. The first-order chi connectivity index (χ1) is 7.20. The molecular formula is C11H18O4. The van der Waals surface area contributed by atoms with Gasteiger partial charge in [-0.25, -0.2) is 0 Å². The van der Waals surface area contributed by atoms with E-state index in [1.807, 2.05) is 6.92 Å². The number of hydrogen-bond acceptors (Lipinski definition) is 4. The molecule has 4 heteroatoms. The summed E-state index contributed by atoms with van der Waals surface area (Å²) < 4.78 is 9.95. The highest BCUT2D eigenvalue weighted by molar-refractivity contribution is 5.81. The normalized spacial score (nSPS) is 26.9. The van der Waals surface area contributed by atoms with E-state index in [4.69, 9.17) is 9.47 Å². The minimum Gasteiger partial charge on any atom is -0.381 e. The third kappa shape index (κ3) is 5.04. The summed E-state index contributed by atoms with van der Waals surface area (Å²) in [7, 11) is 0. The standard InChI is InChI=1S/C6H10O2.C5H8O2/c1-5-4-8-3-2-6(5)7;6-5-1-3-7-4-2-5/h5H,2-4H2,1H3;1-4H2. The number of hydrogen-bond donors (Lipinski definition) is 0. The van der Waals surface area contributed by atoms with E-state index in [9.17, 15) is 9.59 Å². The summed E-state index contributed by atoms with van der Waals surface area (Å²) in [5, 5.41) is 0. The zero-order valence-corrected chi connectivity index (χ0v) is 9.16. The van der Waals surface area contributed by atoms with Crippen molar-refractivity contribution in [3.8, 4) is 0 Å². The molecule has 15 heavy (non-hydrogen) atoms. The van der Waals surface area contributed by atoms with Crippen LogP contribution in [0.25, 0.3) is 0 Å². The highest BCUT2D eigenvalue weighted by Gasteiger charge is 2.16. The molecule has 0 aromatic rings. The second-order valence-corrected chi connectivity index (χ2v) is 3.84. The lowest BCUT2D eigenvalue weighted by atomic mass is 10.0. The van der Waals surface area contributed by atoms with Crippen LogP contribution in [0.2, 0.25) is 0 Å². The topological polar surface area (TPSA) is 52.6 Å². The van der Waals surface area contributed by atoms with E-state index < -0.39 is 0 Å². The molecule has 2 fully saturated rings. The van der Waals surface area contributed by atoms with E-state index in [0.29, 0.717) is 57.3 Å². The molecule has 2 aliphatic heterocycles. The molecule has 1 unspecified atom stereocenters. The van der Waals surface area contributed by atoms with Crippen molar-refractivity contribution in [1.82, 2.24) is 0 Å². The summed E-state index contributed by atoms with van der Waals surface area (Å²) in [5.74, 6) is 0.825. The van der Waals surface area contributed by atoms with Crippen molar-refractivity contribution < 1.29 is 19.1 Å². The first-order valence-corrected chi connectivity index (χ1v) is 5.40. The van der Waals surface area contributed by atoms with Gasteiger partial charge in [-0.05, 0) is 0 Å². The Morgan fingerprint density at radius 3 is 1.93 bits per heavy atom. The molecule has 2 aliphatic rings. The van der Waals surface area contributed by atoms with E-state index in [1.165, 1.54) is 0 Å². The average molecular weight is 214 g/mol. The smallest absolute Gasteiger partial charge is 0.140 e. The van der Waals surface area contributed by atoms with E-state index in [2.05, 4.69) is 0 Å². The van der Waals surface area contributed by atoms with E-state index in [0.717, 1.165) is 0 Å². The number of Topliss-reactive ketones (excluding diaryl/α,β-unsaturated/α-hetero) is 2. The predicted molar refractivity (Wildman–Crippen MR) is 54.7 cm³/mol. The second kappa shape index (κ2) is 6.69. The van der Waals surface area contributed by atoms with Crippen LogP contribution in [0.15, 0.2) is 0 Å². The van der Waals surface area contributed by atoms with Crippen molar-refractivity contribution in [1.29, 1.82) is 0 Å². The Balaban J connectivity index is 0.000000151. The Hall–Kier alpha value is -0.740. The molecule has 0 aliphatic carbocycles. The Morgan fingerprint density at radius 2 is 1.60 bits per heavy atom. The van der Waals surface area contributed by atoms with Gasteiger partial charge in [0.2, 0.25) is 0 Å². The van der Waals surface area contributed by atoms with Crippen molar-refractivity contribution in [2.24, 2.45) is 5.92 Å². The molecule has 2 heterocycles. The van der Waals surface area contributed by atoms with Gasteiger partial charge in [0.15, 0.2) is 0 Å². The Kier molecular flexibility index (Phi) is 5.50. The molecule has 0 aromatic carbocycles. The SMILES string of the molecule is CC1COCCC1=O.O=C1CCOCC1. The van der Waals surface area contributed by atoms with Crippen LogP contribution in [0.3, 0.4) is 0 Å². The maximum atomic E-state index is 10.7. The molecular weight excluding hydrogens is 196 g/mol. The zero-order valence-electron chi connectivity index (χ0n) is 9.16. The second-order valence-electron chi connectivity index (χ2n) is 3.84. The Bertz CT molecular complexity index is 217. The monoisotopic (exact) mass is 214 g/mol. The molecule has 1 atom stereocenters. The fraction of sp³-hybridized carbons (Fsp3) is 0.818. The highest BCUT2D eigenvalue weighted by Crippen LogP contribution is 2.07. The third-order valence-corrected chi connectivity index (χ3v) is 2.46. The summed E-state index contributed by atoms with van der Waals surface area (Å²) in [6.45, 7) is 4.43. The van der Waals surface area contributed by atoms with Gasteiger partial charge in [0.05, 0.1) is 26.4 Å². The van der Waals surface area contributed by atoms with Gasteiger partial charge >= 0.3 is 0 Å². The molecule has 4 nitrogen and oxygen atoms in total. The maximum Gasteiger partial charge on any atom is 0.140 e. The predicted octanol–water partition coefficient (Wildman–Crippen LogP) is 0.978. The minimum atomic E-state index is 0.142. The van der Waals surface area contributed by atoms with E-state index >= 15 is 0 Å². The fourth-order valence-corrected chi connectivity index (χ4v) is 1.37. The third-order valence-electron chi connectivity index (χ3n) is 2.46. The highest BCUT2D eigenvalue weighted by atomic mass is 16.5. The van der Waals surface area contributed by atoms with E-state index in [-0.39, 0.29) is 5.92 Å². The summed E-state index contributed by atoms with van der Waals surface area (Å²) in [4.78, 5) is 21.1. The summed E-state index contributed by atoms with van der Waals surface area (Å²) in [6.07, 6.45) is 1.86. The van der Waals surface area contributed by atoms with Gasteiger partial charge in [-0.2, -0.15) is 0 Å².